The molecule has 0 bridgehead atoms. The van der Waals surface area contributed by atoms with Crippen molar-refractivity contribution in [3.8, 4) is 0 Å². The first-order valence-corrected chi connectivity index (χ1v) is 7.32. The van der Waals surface area contributed by atoms with E-state index < -0.39 is 4.92 Å². The van der Waals surface area contributed by atoms with E-state index >= 15 is 0 Å². The molecule has 1 aliphatic rings. The molecule has 1 unspecified atom stereocenters. The number of Topliss-reactive ketones (excluding diaryl/α,β-unsaturated/α-hetero) is 1. The number of non-ortho nitro benzene ring substituents is 1. The number of nitro groups is 1. The van der Waals surface area contributed by atoms with Crippen LogP contribution >= 0.6 is 0 Å². The molecule has 0 amide bonds. The van der Waals surface area contributed by atoms with Crippen molar-refractivity contribution in [1.29, 1.82) is 0 Å². The van der Waals surface area contributed by atoms with Gasteiger partial charge >= 0.3 is 0 Å². The molecule has 1 atom stereocenters. The Morgan fingerprint density at radius 1 is 1.25 bits per heavy atom. The van der Waals surface area contributed by atoms with Crippen LogP contribution in [0.5, 0.6) is 0 Å². The summed E-state index contributed by atoms with van der Waals surface area (Å²) in [6.45, 7) is 1.62. The van der Waals surface area contributed by atoms with Gasteiger partial charge in [0.25, 0.3) is 5.69 Å². The Balaban J connectivity index is 2.11. The molecule has 108 valence electrons. The van der Waals surface area contributed by atoms with Crippen LogP contribution in [0.15, 0.2) is 24.3 Å². The third-order valence-corrected chi connectivity index (χ3v) is 4.29. The molecule has 0 heterocycles. The summed E-state index contributed by atoms with van der Waals surface area (Å²) >= 11 is 0. The van der Waals surface area contributed by atoms with Gasteiger partial charge in [-0.05, 0) is 24.8 Å². The Bertz CT molecular complexity index is 475. The summed E-state index contributed by atoms with van der Waals surface area (Å²) in [7, 11) is 0. The summed E-state index contributed by atoms with van der Waals surface area (Å²) in [5, 5.41) is 10.7. The highest BCUT2D eigenvalue weighted by molar-refractivity contribution is 5.83. The van der Waals surface area contributed by atoms with Crippen molar-refractivity contribution in [3.05, 3.63) is 39.9 Å². The molecule has 0 N–H and O–H groups in total. The largest absolute Gasteiger partial charge is 0.299 e. The lowest BCUT2D eigenvalue weighted by Crippen LogP contribution is -2.16. The van der Waals surface area contributed by atoms with Gasteiger partial charge in [-0.2, -0.15) is 0 Å². The van der Waals surface area contributed by atoms with Gasteiger partial charge in [0, 0.05) is 18.1 Å². The average molecular weight is 275 g/mol. The number of carbonyl (C=O) groups is 1. The Morgan fingerprint density at radius 2 is 1.85 bits per heavy atom. The first kappa shape index (κ1) is 14.7. The number of nitrogens with zero attached hydrogens (tertiary/aromatic N) is 1. The molecule has 20 heavy (non-hydrogen) atoms. The van der Waals surface area contributed by atoms with Gasteiger partial charge in [-0.25, -0.2) is 0 Å². The van der Waals surface area contributed by atoms with Crippen LogP contribution in [-0.2, 0) is 4.79 Å². The Morgan fingerprint density at radius 3 is 2.35 bits per heavy atom. The second-order valence-electron chi connectivity index (χ2n) is 5.75. The summed E-state index contributed by atoms with van der Waals surface area (Å²) in [6.07, 6.45) is 7.12. The summed E-state index contributed by atoms with van der Waals surface area (Å²) in [5.41, 5.74) is 0.988. The van der Waals surface area contributed by atoms with Gasteiger partial charge in [-0.3, -0.25) is 14.9 Å². The quantitative estimate of drug-likeness (QED) is 0.596. The molecule has 1 aromatic carbocycles. The van der Waals surface area contributed by atoms with Gasteiger partial charge in [0.1, 0.15) is 5.78 Å². The van der Waals surface area contributed by atoms with Crippen LogP contribution in [-0.4, -0.2) is 10.7 Å². The predicted molar refractivity (Wildman–Crippen MR) is 77.7 cm³/mol. The molecule has 1 aliphatic carbocycles. The van der Waals surface area contributed by atoms with Crippen LogP contribution in [0.3, 0.4) is 0 Å². The Hall–Kier alpha value is -1.71. The maximum atomic E-state index is 11.9. The summed E-state index contributed by atoms with van der Waals surface area (Å²) in [5.74, 6) is 0.663. The molecule has 4 heteroatoms. The molecule has 1 fully saturated rings. The highest BCUT2D eigenvalue weighted by atomic mass is 16.6. The summed E-state index contributed by atoms with van der Waals surface area (Å²) in [6, 6.07) is 6.44. The predicted octanol–water partition coefficient (Wildman–Crippen LogP) is 4.24. The normalized spacial score (nSPS) is 17.6. The Labute approximate surface area is 119 Å². The van der Waals surface area contributed by atoms with E-state index in [1.165, 1.54) is 44.2 Å². The van der Waals surface area contributed by atoms with Crippen molar-refractivity contribution < 1.29 is 9.72 Å². The number of rotatable bonds is 5. The highest BCUT2D eigenvalue weighted by Crippen LogP contribution is 2.34. The molecule has 0 spiro atoms. The SMILES string of the molecule is CC(=O)C(CC1CCCCC1)c1ccc([N+](=O)[O-])cc1. The molecular weight excluding hydrogens is 254 g/mol. The zero-order valence-corrected chi connectivity index (χ0v) is 11.9. The Kier molecular flexibility index (Phi) is 4.88. The molecule has 1 aromatic rings. The van der Waals surface area contributed by atoms with Crippen LogP contribution in [0.25, 0.3) is 0 Å². The van der Waals surface area contributed by atoms with E-state index in [4.69, 9.17) is 0 Å². The minimum Gasteiger partial charge on any atom is -0.299 e. The first-order chi connectivity index (χ1) is 9.58. The zero-order chi connectivity index (χ0) is 14.5. The smallest absolute Gasteiger partial charge is 0.269 e. The summed E-state index contributed by atoms with van der Waals surface area (Å²) in [4.78, 5) is 22.2. The van der Waals surface area contributed by atoms with Gasteiger partial charge in [0.2, 0.25) is 0 Å². The fourth-order valence-electron chi connectivity index (χ4n) is 3.12. The van der Waals surface area contributed by atoms with Crippen LogP contribution < -0.4 is 0 Å². The van der Waals surface area contributed by atoms with Gasteiger partial charge in [0.05, 0.1) is 4.92 Å². The third-order valence-electron chi connectivity index (χ3n) is 4.29. The fraction of sp³-hybridized carbons (Fsp3) is 0.562. The van der Waals surface area contributed by atoms with E-state index in [0.29, 0.717) is 5.92 Å². The fourth-order valence-corrected chi connectivity index (χ4v) is 3.12. The van der Waals surface area contributed by atoms with E-state index in [9.17, 15) is 14.9 Å². The van der Waals surface area contributed by atoms with Gasteiger partial charge < -0.3 is 0 Å². The van der Waals surface area contributed by atoms with Crippen LogP contribution in [0.2, 0.25) is 0 Å². The van der Waals surface area contributed by atoms with E-state index in [1.54, 1.807) is 19.1 Å². The van der Waals surface area contributed by atoms with Crippen LogP contribution in [0.4, 0.5) is 5.69 Å². The molecule has 0 aliphatic heterocycles. The van der Waals surface area contributed by atoms with Gasteiger partial charge in [0.15, 0.2) is 0 Å². The monoisotopic (exact) mass is 275 g/mol. The first-order valence-electron chi connectivity index (χ1n) is 7.32. The van der Waals surface area contributed by atoms with Gasteiger partial charge in [-0.15, -0.1) is 0 Å². The third kappa shape index (κ3) is 3.65. The molecule has 1 saturated carbocycles. The highest BCUT2D eigenvalue weighted by Gasteiger charge is 2.23. The molecule has 2 rings (SSSR count). The zero-order valence-electron chi connectivity index (χ0n) is 11.9. The van der Waals surface area contributed by atoms with Crippen molar-refractivity contribution in [2.45, 2.75) is 51.4 Å². The average Bonchev–Trinajstić information content (AvgIpc) is 2.45. The number of hydrogen-bond acceptors (Lipinski definition) is 3. The van der Waals surface area contributed by atoms with E-state index in [1.807, 2.05) is 0 Å². The van der Waals surface area contributed by atoms with Gasteiger partial charge in [-0.1, -0.05) is 44.2 Å². The number of nitro benzene ring substituents is 1. The van der Waals surface area contributed by atoms with Crippen molar-refractivity contribution in [3.63, 3.8) is 0 Å². The lowest BCUT2D eigenvalue weighted by atomic mass is 9.79. The standard InChI is InChI=1S/C16H21NO3/c1-12(18)16(11-13-5-3-2-4-6-13)14-7-9-15(10-8-14)17(19)20/h7-10,13,16H,2-6,11H2,1H3. The van der Waals surface area contributed by atoms with Crippen LogP contribution in [0.1, 0.15) is 56.9 Å². The molecule has 4 nitrogen and oxygen atoms in total. The molecular formula is C16H21NO3. The lowest BCUT2D eigenvalue weighted by Gasteiger charge is -2.25. The van der Waals surface area contributed by atoms with Crippen molar-refractivity contribution in [2.75, 3.05) is 0 Å². The van der Waals surface area contributed by atoms with Crippen LogP contribution in [0, 0.1) is 16.0 Å². The van der Waals surface area contributed by atoms with E-state index in [2.05, 4.69) is 0 Å². The number of carbonyl (C=O) groups excluding carboxylic acids is 1. The topological polar surface area (TPSA) is 60.2 Å². The van der Waals surface area contributed by atoms with Crippen molar-refractivity contribution in [2.24, 2.45) is 5.92 Å². The molecule has 0 radical (unpaired) electrons. The van der Waals surface area contributed by atoms with Crippen molar-refractivity contribution >= 4 is 11.5 Å². The number of ketones is 1. The molecule has 0 saturated heterocycles. The second kappa shape index (κ2) is 6.64. The summed E-state index contributed by atoms with van der Waals surface area (Å²) < 4.78 is 0. The maximum Gasteiger partial charge on any atom is 0.269 e. The minimum atomic E-state index is -0.409. The minimum absolute atomic E-state index is 0.0775. The number of benzene rings is 1. The maximum absolute atomic E-state index is 11.9. The lowest BCUT2D eigenvalue weighted by molar-refractivity contribution is -0.384. The van der Waals surface area contributed by atoms with E-state index in [0.717, 1.165) is 12.0 Å². The second-order valence-corrected chi connectivity index (χ2v) is 5.75. The molecule has 0 aromatic heterocycles. The van der Waals surface area contributed by atoms with Crippen molar-refractivity contribution in [1.82, 2.24) is 0 Å². The van der Waals surface area contributed by atoms with E-state index in [-0.39, 0.29) is 17.4 Å². The number of hydrogen-bond donors (Lipinski definition) is 0.